The van der Waals surface area contributed by atoms with E-state index in [1.807, 2.05) is 0 Å². The fourth-order valence-electron chi connectivity index (χ4n) is 1.42. The van der Waals surface area contributed by atoms with Crippen LogP contribution in [0.15, 0.2) is 23.1 Å². The Balaban J connectivity index is 3.05. The standard InChI is InChI=1S/C12H19NO5S/c1-4-9(14)8-13-19(15,16)12-7-10(17-2)5-6-11(12)18-3/h5-7,9,13-14H,4,8H2,1-3H3. The highest BCUT2D eigenvalue weighted by atomic mass is 32.2. The second-order valence-corrected chi connectivity index (χ2v) is 5.67. The number of benzene rings is 1. The molecule has 0 saturated heterocycles. The van der Waals surface area contributed by atoms with Gasteiger partial charge in [0.15, 0.2) is 0 Å². The maximum atomic E-state index is 12.1. The van der Waals surface area contributed by atoms with Crippen LogP contribution in [0.1, 0.15) is 13.3 Å². The summed E-state index contributed by atoms with van der Waals surface area (Å²) in [5.41, 5.74) is 0. The molecular weight excluding hydrogens is 270 g/mol. The van der Waals surface area contributed by atoms with E-state index >= 15 is 0 Å². The predicted octanol–water partition coefficient (Wildman–Crippen LogP) is 0.753. The van der Waals surface area contributed by atoms with Gasteiger partial charge in [0.1, 0.15) is 16.4 Å². The molecule has 1 rings (SSSR count). The Labute approximate surface area is 113 Å². The number of ether oxygens (including phenoxy) is 2. The first-order valence-corrected chi connectivity index (χ1v) is 7.32. The minimum absolute atomic E-state index is 0.0161. The van der Waals surface area contributed by atoms with E-state index in [1.54, 1.807) is 13.0 Å². The van der Waals surface area contributed by atoms with Crippen molar-refractivity contribution in [3.63, 3.8) is 0 Å². The molecule has 1 unspecified atom stereocenters. The van der Waals surface area contributed by atoms with E-state index in [0.717, 1.165) is 0 Å². The van der Waals surface area contributed by atoms with Gasteiger partial charge >= 0.3 is 0 Å². The van der Waals surface area contributed by atoms with Gasteiger partial charge in [0.2, 0.25) is 10.0 Å². The van der Waals surface area contributed by atoms with Crippen LogP contribution in [0.5, 0.6) is 11.5 Å². The van der Waals surface area contributed by atoms with Crippen LogP contribution in [-0.2, 0) is 10.0 Å². The maximum absolute atomic E-state index is 12.1. The van der Waals surface area contributed by atoms with Gasteiger partial charge in [-0.05, 0) is 18.6 Å². The van der Waals surface area contributed by atoms with Crippen LogP contribution in [0.25, 0.3) is 0 Å². The number of methoxy groups -OCH3 is 2. The van der Waals surface area contributed by atoms with Gasteiger partial charge in [-0.2, -0.15) is 0 Å². The number of hydrogen-bond acceptors (Lipinski definition) is 5. The fraction of sp³-hybridized carbons (Fsp3) is 0.500. The maximum Gasteiger partial charge on any atom is 0.244 e. The Hall–Kier alpha value is -1.31. The van der Waals surface area contributed by atoms with Crippen LogP contribution in [0.3, 0.4) is 0 Å². The molecule has 6 nitrogen and oxygen atoms in total. The Morgan fingerprint density at radius 2 is 2.00 bits per heavy atom. The van der Waals surface area contributed by atoms with Gasteiger partial charge in [0.05, 0.1) is 20.3 Å². The molecule has 19 heavy (non-hydrogen) atoms. The molecule has 2 N–H and O–H groups in total. The number of rotatable bonds is 7. The normalized spacial score (nSPS) is 13.1. The van der Waals surface area contributed by atoms with Crippen LogP contribution >= 0.6 is 0 Å². The van der Waals surface area contributed by atoms with Crippen molar-refractivity contribution in [2.24, 2.45) is 0 Å². The van der Waals surface area contributed by atoms with E-state index in [2.05, 4.69) is 4.72 Å². The Kier molecular flexibility index (Phi) is 5.59. The predicted molar refractivity (Wildman–Crippen MR) is 71.0 cm³/mol. The zero-order chi connectivity index (χ0) is 14.5. The minimum atomic E-state index is -3.76. The highest BCUT2D eigenvalue weighted by Crippen LogP contribution is 2.27. The third-order valence-corrected chi connectivity index (χ3v) is 4.09. The lowest BCUT2D eigenvalue weighted by Gasteiger charge is -2.13. The lowest BCUT2D eigenvalue weighted by Crippen LogP contribution is -2.32. The summed E-state index contributed by atoms with van der Waals surface area (Å²) in [5, 5.41) is 9.41. The third-order valence-electron chi connectivity index (χ3n) is 2.64. The van der Waals surface area contributed by atoms with E-state index in [0.29, 0.717) is 12.2 Å². The number of sulfonamides is 1. The summed E-state index contributed by atoms with van der Waals surface area (Å²) in [5.74, 6) is 0.636. The fourth-order valence-corrected chi connectivity index (χ4v) is 2.68. The molecule has 0 aliphatic rings. The molecule has 0 radical (unpaired) electrons. The van der Waals surface area contributed by atoms with Crippen molar-refractivity contribution in [3.8, 4) is 11.5 Å². The van der Waals surface area contributed by atoms with Crippen molar-refractivity contribution in [2.75, 3.05) is 20.8 Å². The molecule has 0 heterocycles. The van der Waals surface area contributed by atoms with Crippen LogP contribution in [0, 0.1) is 0 Å². The third kappa shape index (κ3) is 4.09. The highest BCUT2D eigenvalue weighted by Gasteiger charge is 2.21. The number of aliphatic hydroxyl groups is 1. The molecule has 108 valence electrons. The van der Waals surface area contributed by atoms with E-state index < -0.39 is 16.1 Å². The monoisotopic (exact) mass is 289 g/mol. The molecule has 7 heteroatoms. The Morgan fingerprint density at radius 3 is 2.53 bits per heavy atom. The summed E-state index contributed by atoms with van der Waals surface area (Å²) in [6, 6.07) is 4.50. The minimum Gasteiger partial charge on any atom is -0.497 e. The first-order chi connectivity index (χ1) is 8.94. The smallest absolute Gasteiger partial charge is 0.244 e. The first-order valence-electron chi connectivity index (χ1n) is 5.84. The summed E-state index contributed by atoms with van der Waals surface area (Å²) < 4.78 is 36.7. The number of hydrogen-bond donors (Lipinski definition) is 2. The topological polar surface area (TPSA) is 84.9 Å². The van der Waals surface area contributed by atoms with Crippen molar-refractivity contribution in [2.45, 2.75) is 24.3 Å². The Morgan fingerprint density at radius 1 is 1.32 bits per heavy atom. The van der Waals surface area contributed by atoms with Gasteiger partial charge < -0.3 is 14.6 Å². The molecule has 0 aliphatic heterocycles. The first kappa shape index (κ1) is 15.7. The average Bonchev–Trinajstić information content (AvgIpc) is 2.43. The van der Waals surface area contributed by atoms with Gasteiger partial charge in [0.25, 0.3) is 0 Å². The van der Waals surface area contributed by atoms with E-state index in [9.17, 15) is 13.5 Å². The van der Waals surface area contributed by atoms with Crippen LogP contribution < -0.4 is 14.2 Å². The van der Waals surface area contributed by atoms with Crippen molar-refractivity contribution in [1.82, 2.24) is 4.72 Å². The van der Waals surface area contributed by atoms with Crippen LogP contribution in [0.2, 0.25) is 0 Å². The molecule has 0 aromatic heterocycles. The van der Waals surface area contributed by atoms with E-state index in [4.69, 9.17) is 9.47 Å². The number of aliphatic hydroxyl groups excluding tert-OH is 1. The summed E-state index contributed by atoms with van der Waals surface area (Å²) in [4.78, 5) is -0.0161. The van der Waals surface area contributed by atoms with Gasteiger partial charge in [-0.15, -0.1) is 0 Å². The molecule has 0 saturated carbocycles. The van der Waals surface area contributed by atoms with Crippen molar-refractivity contribution >= 4 is 10.0 Å². The molecule has 0 aliphatic carbocycles. The van der Waals surface area contributed by atoms with Crippen LogP contribution in [-0.4, -0.2) is 40.4 Å². The molecule has 1 aromatic carbocycles. The summed E-state index contributed by atoms with van der Waals surface area (Å²) >= 11 is 0. The zero-order valence-corrected chi connectivity index (χ0v) is 12.0. The van der Waals surface area contributed by atoms with Gasteiger partial charge in [0, 0.05) is 12.6 Å². The molecular formula is C12H19NO5S. The SMILES string of the molecule is CCC(O)CNS(=O)(=O)c1cc(OC)ccc1OC. The van der Waals surface area contributed by atoms with E-state index in [1.165, 1.54) is 26.4 Å². The largest absolute Gasteiger partial charge is 0.497 e. The second-order valence-electron chi connectivity index (χ2n) is 3.93. The summed E-state index contributed by atoms with van der Waals surface area (Å²) in [6.07, 6.45) is -0.246. The molecule has 0 amide bonds. The summed E-state index contributed by atoms with van der Waals surface area (Å²) in [7, 11) is -0.914. The van der Waals surface area contributed by atoms with Gasteiger partial charge in [-0.25, -0.2) is 13.1 Å². The van der Waals surface area contributed by atoms with Crippen molar-refractivity contribution < 1.29 is 23.0 Å². The molecule has 0 bridgehead atoms. The lowest BCUT2D eigenvalue weighted by molar-refractivity contribution is 0.174. The summed E-state index contributed by atoms with van der Waals surface area (Å²) in [6.45, 7) is 1.73. The van der Waals surface area contributed by atoms with Crippen molar-refractivity contribution in [1.29, 1.82) is 0 Å². The van der Waals surface area contributed by atoms with Gasteiger partial charge in [-0.3, -0.25) is 0 Å². The van der Waals surface area contributed by atoms with E-state index in [-0.39, 0.29) is 17.2 Å². The quantitative estimate of drug-likeness (QED) is 0.774. The zero-order valence-electron chi connectivity index (χ0n) is 11.2. The average molecular weight is 289 g/mol. The number of nitrogens with one attached hydrogen (secondary N) is 1. The van der Waals surface area contributed by atoms with Gasteiger partial charge in [-0.1, -0.05) is 6.92 Å². The molecule has 1 aromatic rings. The Bertz CT molecular complexity index is 515. The lowest BCUT2D eigenvalue weighted by atomic mass is 10.3. The van der Waals surface area contributed by atoms with Crippen molar-refractivity contribution in [3.05, 3.63) is 18.2 Å². The molecule has 1 atom stereocenters. The molecule has 0 spiro atoms. The van der Waals surface area contributed by atoms with Crippen LogP contribution in [0.4, 0.5) is 0 Å². The molecule has 0 fully saturated rings. The highest BCUT2D eigenvalue weighted by molar-refractivity contribution is 7.89. The second kappa shape index (κ2) is 6.74.